The lowest BCUT2D eigenvalue weighted by molar-refractivity contribution is 0.173. The normalized spacial score (nSPS) is 13.8. The Morgan fingerprint density at radius 2 is 2.19 bits per heavy atom. The van der Waals surface area contributed by atoms with Gasteiger partial charge >= 0.3 is 5.30 Å². The second kappa shape index (κ2) is 7.64. The summed E-state index contributed by atoms with van der Waals surface area (Å²) in [6, 6.07) is 0. The van der Waals surface area contributed by atoms with E-state index in [2.05, 4.69) is 4.98 Å². The van der Waals surface area contributed by atoms with Crippen LogP contribution < -0.4 is 5.56 Å². The van der Waals surface area contributed by atoms with E-state index in [9.17, 15) is 9.59 Å². The lowest BCUT2D eigenvalue weighted by Crippen LogP contribution is -2.32. The minimum atomic E-state index is -0.248. The first-order valence-electron chi connectivity index (χ1n) is 7.43. The highest BCUT2D eigenvalue weighted by molar-refractivity contribution is 8.12. The zero-order valence-corrected chi connectivity index (χ0v) is 13.5. The first-order valence-corrected chi connectivity index (χ1v) is 8.66. The molecule has 0 fully saturated rings. The monoisotopic (exact) mass is 310 g/mol. The summed E-state index contributed by atoms with van der Waals surface area (Å²) in [7, 11) is 0. The average molecular weight is 310 g/mol. The van der Waals surface area contributed by atoms with Gasteiger partial charge in [0.2, 0.25) is 0 Å². The number of ether oxygens (including phenoxy) is 1. The van der Waals surface area contributed by atoms with Crippen LogP contribution in [0.4, 0.5) is 4.79 Å². The lowest BCUT2D eigenvalue weighted by atomic mass is 10.1. The topological polar surface area (TPSA) is 61.2 Å². The van der Waals surface area contributed by atoms with E-state index < -0.39 is 0 Å². The van der Waals surface area contributed by atoms with Gasteiger partial charge in [0.05, 0.1) is 6.61 Å². The molecule has 1 aliphatic rings. The van der Waals surface area contributed by atoms with Crippen molar-refractivity contribution in [3.05, 3.63) is 27.4 Å². The Balaban J connectivity index is 1.94. The highest BCUT2D eigenvalue weighted by atomic mass is 32.2. The Bertz CT molecular complexity index is 569. The van der Waals surface area contributed by atoms with Crippen molar-refractivity contribution >= 4 is 17.1 Å². The van der Waals surface area contributed by atoms with Crippen molar-refractivity contribution in [2.24, 2.45) is 0 Å². The molecule has 0 saturated heterocycles. The van der Waals surface area contributed by atoms with Crippen LogP contribution in [0.5, 0.6) is 0 Å². The molecule has 1 aliphatic heterocycles. The van der Waals surface area contributed by atoms with Gasteiger partial charge in [-0.2, -0.15) is 0 Å². The summed E-state index contributed by atoms with van der Waals surface area (Å²) in [6.07, 6.45) is 7.08. The molecule has 0 radical (unpaired) electrons. The number of aryl methyl sites for hydroxylation is 2. The summed E-state index contributed by atoms with van der Waals surface area (Å²) in [6.45, 7) is 3.12. The standard InChI is InChI=1S/C15H22N2O3S/c1-11-12(7-4-6-10-20-15(19)21-2)14(18)17-9-5-3-8-13(17)16-11/h3-10H2,1-2H3. The van der Waals surface area contributed by atoms with Crippen LogP contribution in [0.1, 0.15) is 42.8 Å². The number of hydrogen-bond acceptors (Lipinski definition) is 5. The zero-order valence-electron chi connectivity index (χ0n) is 12.7. The van der Waals surface area contributed by atoms with Gasteiger partial charge in [-0.25, -0.2) is 9.78 Å². The molecule has 2 rings (SSSR count). The Labute approximate surface area is 129 Å². The second-order valence-electron chi connectivity index (χ2n) is 5.27. The Hall–Kier alpha value is -1.30. The van der Waals surface area contributed by atoms with Crippen LogP contribution in [0.3, 0.4) is 0 Å². The highest BCUT2D eigenvalue weighted by Gasteiger charge is 2.16. The quantitative estimate of drug-likeness (QED) is 0.618. The SMILES string of the molecule is CSC(=O)OCCCCc1c(C)nc2n(c1=O)CCCC2. The molecular weight excluding hydrogens is 288 g/mol. The molecule has 0 bridgehead atoms. The summed E-state index contributed by atoms with van der Waals surface area (Å²) in [5.41, 5.74) is 1.80. The Kier molecular flexibility index (Phi) is 5.85. The number of carbonyl (C=O) groups is 1. The van der Waals surface area contributed by atoms with Gasteiger partial charge in [-0.3, -0.25) is 9.36 Å². The molecule has 1 aromatic heterocycles. The van der Waals surface area contributed by atoms with E-state index >= 15 is 0 Å². The van der Waals surface area contributed by atoms with Crippen molar-refractivity contribution in [3.63, 3.8) is 0 Å². The molecule has 2 heterocycles. The number of aromatic nitrogens is 2. The number of thioether (sulfide) groups is 1. The summed E-state index contributed by atoms with van der Waals surface area (Å²) in [4.78, 5) is 28.1. The fourth-order valence-corrected chi connectivity index (χ4v) is 2.84. The van der Waals surface area contributed by atoms with Crippen LogP contribution in [-0.4, -0.2) is 27.7 Å². The fraction of sp³-hybridized carbons (Fsp3) is 0.667. The predicted molar refractivity (Wildman–Crippen MR) is 84.0 cm³/mol. The number of unbranched alkanes of at least 4 members (excludes halogenated alkanes) is 1. The van der Waals surface area contributed by atoms with Gasteiger partial charge in [0.25, 0.3) is 5.56 Å². The lowest BCUT2D eigenvalue weighted by Gasteiger charge is -2.19. The zero-order chi connectivity index (χ0) is 15.2. The van der Waals surface area contributed by atoms with Crippen molar-refractivity contribution in [3.8, 4) is 0 Å². The van der Waals surface area contributed by atoms with Crippen molar-refractivity contribution in [1.82, 2.24) is 9.55 Å². The highest BCUT2D eigenvalue weighted by Crippen LogP contribution is 2.13. The third-order valence-electron chi connectivity index (χ3n) is 3.79. The molecule has 0 aromatic carbocycles. The van der Waals surface area contributed by atoms with Gasteiger partial charge in [-0.05, 0) is 57.0 Å². The number of fused-ring (bicyclic) bond motifs is 1. The summed E-state index contributed by atoms with van der Waals surface area (Å²) >= 11 is 1.08. The van der Waals surface area contributed by atoms with Gasteiger partial charge < -0.3 is 4.74 Å². The molecule has 116 valence electrons. The molecular formula is C15H22N2O3S. The molecule has 1 aromatic rings. The van der Waals surface area contributed by atoms with Crippen molar-refractivity contribution in [1.29, 1.82) is 0 Å². The van der Waals surface area contributed by atoms with E-state index in [1.165, 1.54) is 0 Å². The first-order chi connectivity index (χ1) is 10.1. The van der Waals surface area contributed by atoms with Gasteiger partial charge in [0.15, 0.2) is 0 Å². The maximum absolute atomic E-state index is 12.5. The third kappa shape index (κ3) is 4.09. The maximum Gasteiger partial charge on any atom is 0.367 e. The van der Waals surface area contributed by atoms with E-state index in [1.807, 2.05) is 11.5 Å². The van der Waals surface area contributed by atoms with Crippen molar-refractivity contribution in [2.75, 3.05) is 12.9 Å². The van der Waals surface area contributed by atoms with Gasteiger partial charge in [0, 0.05) is 24.2 Å². The molecule has 6 heteroatoms. The van der Waals surface area contributed by atoms with Crippen LogP contribution in [0.15, 0.2) is 4.79 Å². The van der Waals surface area contributed by atoms with E-state index in [1.54, 1.807) is 6.26 Å². The Morgan fingerprint density at radius 3 is 2.95 bits per heavy atom. The van der Waals surface area contributed by atoms with Crippen LogP contribution >= 0.6 is 11.8 Å². The molecule has 5 nitrogen and oxygen atoms in total. The van der Waals surface area contributed by atoms with E-state index in [0.29, 0.717) is 13.0 Å². The van der Waals surface area contributed by atoms with Crippen LogP contribution in [0.25, 0.3) is 0 Å². The van der Waals surface area contributed by atoms with Crippen LogP contribution in [0, 0.1) is 6.92 Å². The van der Waals surface area contributed by atoms with Gasteiger partial charge in [-0.15, -0.1) is 0 Å². The average Bonchev–Trinajstić information content (AvgIpc) is 2.49. The van der Waals surface area contributed by atoms with E-state index in [4.69, 9.17) is 4.74 Å². The summed E-state index contributed by atoms with van der Waals surface area (Å²) < 4.78 is 6.84. The summed E-state index contributed by atoms with van der Waals surface area (Å²) in [5, 5.41) is -0.248. The van der Waals surface area contributed by atoms with Gasteiger partial charge in [-0.1, -0.05) is 0 Å². The number of nitrogens with zero attached hydrogens (tertiary/aromatic N) is 2. The number of hydrogen-bond donors (Lipinski definition) is 0. The predicted octanol–water partition coefficient (Wildman–Crippen LogP) is 2.71. The molecule has 0 N–H and O–H groups in total. The molecule has 21 heavy (non-hydrogen) atoms. The molecule has 0 atom stereocenters. The molecule has 0 amide bonds. The molecule has 0 aliphatic carbocycles. The molecule has 0 unspecified atom stereocenters. The smallest absolute Gasteiger partial charge is 0.367 e. The largest absolute Gasteiger partial charge is 0.458 e. The molecule has 0 spiro atoms. The third-order valence-corrected chi connectivity index (χ3v) is 4.24. The minimum absolute atomic E-state index is 0.123. The minimum Gasteiger partial charge on any atom is -0.458 e. The van der Waals surface area contributed by atoms with Crippen molar-refractivity contribution < 1.29 is 9.53 Å². The van der Waals surface area contributed by atoms with E-state index in [-0.39, 0.29) is 10.9 Å². The Morgan fingerprint density at radius 1 is 1.38 bits per heavy atom. The molecule has 0 saturated carbocycles. The second-order valence-corrected chi connectivity index (χ2v) is 6.01. The summed E-state index contributed by atoms with van der Waals surface area (Å²) in [5.74, 6) is 0.932. The van der Waals surface area contributed by atoms with Crippen LogP contribution in [0.2, 0.25) is 0 Å². The van der Waals surface area contributed by atoms with Crippen molar-refractivity contribution in [2.45, 2.75) is 52.0 Å². The number of carbonyl (C=O) groups excluding carboxylic acids is 1. The first kappa shape index (κ1) is 16.1. The fourth-order valence-electron chi connectivity index (χ4n) is 2.64. The van der Waals surface area contributed by atoms with E-state index in [0.717, 1.165) is 67.5 Å². The maximum atomic E-state index is 12.5. The number of rotatable bonds is 5. The van der Waals surface area contributed by atoms with Crippen LogP contribution in [-0.2, 0) is 24.1 Å². The van der Waals surface area contributed by atoms with Gasteiger partial charge in [0.1, 0.15) is 5.82 Å².